The number of nitrogens with zero attached hydrogens (tertiary/aromatic N) is 2. The summed E-state index contributed by atoms with van der Waals surface area (Å²) in [5, 5.41) is 0.0839. The fourth-order valence-corrected chi connectivity index (χ4v) is 2.28. The molecule has 0 radical (unpaired) electrons. The number of carbonyl (C=O) groups excluding carboxylic acids is 1. The minimum atomic E-state index is -4.74. The molecule has 0 saturated heterocycles. The van der Waals surface area contributed by atoms with Crippen molar-refractivity contribution in [2.24, 2.45) is 0 Å². The van der Waals surface area contributed by atoms with Gasteiger partial charge in [0.05, 0.1) is 21.2 Å². The molecule has 0 spiro atoms. The molecule has 0 aliphatic carbocycles. The van der Waals surface area contributed by atoms with Crippen LogP contribution in [-0.4, -0.2) is 17.9 Å². The first kappa shape index (κ1) is 17.8. The van der Waals surface area contributed by atoms with Crippen LogP contribution in [0, 0.1) is 0 Å². The Balaban J connectivity index is 2.46. The van der Waals surface area contributed by atoms with Crippen LogP contribution in [-0.2, 0) is 6.18 Å². The van der Waals surface area contributed by atoms with Crippen LogP contribution in [0.25, 0.3) is 0 Å². The SMILES string of the molecule is CN(C(=O)c1cnc(Cl)cc1C(F)(F)F)c1ccc(Cl)c(Cl)c1. The van der Waals surface area contributed by atoms with Crippen LogP contribution >= 0.6 is 34.8 Å². The summed E-state index contributed by atoms with van der Waals surface area (Å²) >= 11 is 17.1. The van der Waals surface area contributed by atoms with Gasteiger partial charge in [-0.25, -0.2) is 4.98 Å². The normalized spacial score (nSPS) is 11.4. The number of alkyl halides is 3. The number of hydrogen-bond acceptors (Lipinski definition) is 2. The highest BCUT2D eigenvalue weighted by Crippen LogP contribution is 2.34. The molecule has 1 heterocycles. The molecule has 0 fully saturated rings. The maximum Gasteiger partial charge on any atom is 0.417 e. The van der Waals surface area contributed by atoms with E-state index in [0.717, 1.165) is 11.1 Å². The third-order valence-corrected chi connectivity index (χ3v) is 3.95. The predicted molar refractivity (Wildman–Crippen MR) is 83.4 cm³/mol. The predicted octanol–water partition coefficient (Wildman–Crippen LogP) is 5.34. The molecule has 122 valence electrons. The minimum Gasteiger partial charge on any atom is -0.311 e. The van der Waals surface area contributed by atoms with E-state index in [9.17, 15) is 18.0 Å². The van der Waals surface area contributed by atoms with Crippen molar-refractivity contribution < 1.29 is 18.0 Å². The van der Waals surface area contributed by atoms with Crippen LogP contribution in [0.15, 0.2) is 30.5 Å². The lowest BCUT2D eigenvalue weighted by Crippen LogP contribution is -2.29. The Morgan fingerprint density at radius 1 is 1.13 bits per heavy atom. The number of rotatable bonds is 2. The number of hydrogen-bond donors (Lipinski definition) is 0. The summed E-state index contributed by atoms with van der Waals surface area (Å²) in [5.74, 6) is -0.903. The van der Waals surface area contributed by atoms with E-state index in [-0.39, 0.29) is 20.9 Å². The van der Waals surface area contributed by atoms with E-state index >= 15 is 0 Å². The first-order valence-electron chi connectivity index (χ1n) is 6.07. The third-order valence-electron chi connectivity index (χ3n) is 3.00. The maximum absolute atomic E-state index is 13.1. The Labute approximate surface area is 144 Å². The Morgan fingerprint density at radius 3 is 2.35 bits per heavy atom. The number of amides is 1. The van der Waals surface area contributed by atoms with Crippen LogP contribution in [0.3, 0.4) is 0 Å². The molecule has 1 aromatic heterocycles. The number of pyridine rings is 1. The maximum atomic E-state index is 13.1. The average Bonchev–Trinajstić information content (AvgIpc) is 2.47. The largest absolute Gasteiger partial charge is 0.417 e. The van der Waals surface area contributed by atoms with Crippen LogP contribution < -0.4 is 4.90 Å². The van der Waals surface area contributed by atoms with E-state index in [2.05, 4.69) is 4.98 Å². The van der Waals surface area contributed by atoms with Gasteiger partial charge >= 0.3 is 6.18 Å². The van der Waals surface area contributed by atoms with Crippen molar-refractivity contribution >= 4 is 46.4 Å². The van der Waals surface area contributed by atoms with Gasteiger partial charge < -0.3 is 4.90 Å². The van der Waals surface area contributed by atoms with E-state index in [1.165, 1.54) is 25.2 Å². The van der Waals surface area contributed by atoms with Crippen molar-refractivity contribution in [2.75, 3.05) is 11.9 Å². The highest BCUT2D eigenvalue weighted by atomic mass is 35.5. The number of aromatic nitrogens is 1. The van der Waals surface area contributed by atoms with E-state index < -0.39 is 23.2 Å². The molecule has 0 aliphatic heterocycles. The van der Waals surface area contributed by atoms with Crippen molar-refractivity contribution in [3.63, 3.8) is 0 Å². The second-order valence-corrected chi connectivity index (χ2v) is 5.71. The van der Waals surface area contributed by atoms with Crippen molar-refractivity contribution in [3.8, 4) is 0 Å². The first-order chi connectivity index (χ1) is 10.6. The van der Waals surface area contributed by atoms with E-state index in [0.29, 0.717) is 6.07 Å². The molecule has 3 nitrogen and oxygen atoms in total. The smallest absolute Gasteiger partial charge is 0.311 e. The minimum absolute atomic E-state index is 0.175. The summed E-state index contributed by atoms with van der Waals surface area (Å²) in [6.07, 6.45) is -3.95. The lowest BCUT2D eigenvalue weighted by Gasteiger charge is -2.20. The number of benzene rings is 1. The molecule has 1 amide bonds. The van der Waals surface area contributed by atoms with Crippen LogP contribution in [0.4, 0.5) is 18.9 Å². The van der Waals surface area contributed by atoms with Crippen molar-refractivity contribution in [1.82, 2.24) is 4.98 Å². The Hall–Kier alpha value is -1.50. The first-order valence-corrected chi connectivity index (χ1v) is 7.20. The standard InChI is InChI=1S/C14H8Cl3F3N2O/c1-22(7-2-3-10(15)11(16)4-7)13(23)8-6-21-12(17)5-9(8)14(18,19)20/h2-6H,1H3. The summed E-state index contributed by atoms with van der Waals surface area (Å²) in [6, 6.07) is 4.88. The zero-order chi connectivity index (χ0) is 17.4. The molecule has 0 aliphatic rings. The van der Waals surface area contributed by atoms with Gasteiger partial charge in [-0.1, -0.05) is 34.8 Å². The lowest BCUT2D eigenvalue weighted by molar-refractivity contribution is -0.138. The zero-order valence-corrected chi connectivity index (χ0v) is 13.7. The molecule has 2 rings (SSSR count). The van der Waals surface area contributed by atoms with Gasteiger partial charge in [-0.15, -0.1) is 0 Å². The summed E-state index contributed by atoms with van der Waals surface area (Å²) in [5.41, 5.74) is -1.49. The zero-order valence-electron chi connectivity index (χ0n) is 11.5. The molecule has 0 unspecified atom stereocenters. The molecular formula is C14H8Cl3F3N2O. The molecule has 9 heteroatoms. The van der Waals surface area contributed by atoms with Gasteiger partial charge in [0.15, 0.2) is 0 Å². The average molecular weight is 384 g/mol. The summed E-state index contributed by atoms with van der Waals surface area (Å²) in [6.45, 7) is 0. The Kier molecular flexibility index (Phi) is 5.08. The van der Waals surface area contributed by atoms with Gasteiger partial charge in [0, 0.05) is 18.9 Å². The van der Waals surface area contributed by atoms with Gasteiger partial charge in [-0.2, -0.15) is 13.2 Å². The van der Waals surface area contributed by atoms with Gasteiger partial charge in [0.25, 0.3) is 5.91 Å². The summed E-state index contributed by atoms with van der Waals surface area (Å²) in [4.78, 5) is 17.0. The molecular weight excluding hydrogens is 376 g/mol. The molecule has 23 heavy (non-hydrogen) atoms. The van der Waals surface area contributed by atoms with Gasteiger partial charge in [-0.05, 0) is 24.3 Å². The molecule has 0 atom stereocenters. The number of anilines is 1. The molecule has 2 aromatic rings. The fourth-order valence-electron chi connectivity index (χ4n) is 1.83. The fraction of sp³-hybridized carbons (Fsp3) is 0.143. The highest BCUT2D eigenvalue weighted by Gasteiger charge is 2.36. The Morgan fingerprint density at radius 2 is 1.78 bits per heavy atom. The highest BCUT2D eigenvalue weighted by molar-refractivity contribution is 6.42. The molecule has 0 bridgehead atoms. The van der Waals surface area contributed by atoms with Gasteiger partial charge in [0.1, 0.15) is 5.15 Å². The summed E-state index contributed by atoms with van der Waals surface area (Å²) in [7, 11) is 1.32. The Bertz CT molecular complexity index is 765. The molecule has 0 N–H and O–H groups in total. The van der Waals surface area contributed by atoms with E-state index in [1.807, 2.05) is 0 Å². The second-order valence-electron chi connectivity index (χ2n) is 4.51. The van der Waals surface area contributed by atoms with Gasteiger partial charge in [0.2, 0.25) is 0 Å². The molecule has 0 saturated carbocycles. The van der Waals surface area contributed by atoms with Gasteiger partial charge in [-0.3, -0.25) is 4.79 Å². The van der Waals surface area contributed by atoms with Crippen molar-refractivity contribution in [3.05, 3.63) is 56.8 Å². The topological polar surface area (TPSA) is 33.2 Å². The lowest BCUT2D eigenvalue weighted by atomic mass is 10.1. The van der Waals surface area contributed by atoms with Crippen molar-refractivity contribution in [2.45, 2.75) is 6.18 Å². The quantitative estimate of drug-likeness (QED) is 0.656. The van der Waals surface area contributed by atoms with E-state index in [4.69, 9.17) is 34.8 Å². The third kappa shape index (κ3) is 3.88. The van der Waals surface area contributed by atoms with Crippen LogP contribution in [0.1, 0.15) is 15.9 Å². The van der Waals surface area contributed by atoms with Crippen LogP contribution in [0.2, 0.25) is 15.2 Å². The summed E-state index contributed by atoms with van der Waals surface area (Å²) < 4.78 is 39.2. The van der Waals surface area contributed by atoms with E-state index in [1.54, 1.807) is 0 Å². The monoisotopic (exact) mass is 382 g/mol. The van der Waals surface area contributed by atoms with Crippen molar-refractivity contribution in [1.29, 1.82) is 0 Å². The molecule has 1 aromatic carbocycles. The second kappa shape index (κ2) is 6.55. The van der Waals surface area contributed by atoms with Crippen LogP contribution in [0.5, 0.6) is 0 Å². The number of halogens is 6. The number of carbonyl (C=O) groups is 1.